The van der Waals surface area contributed by atoms with Crippen LogP contribution in [-0.4, -0.2) is 39.4 Å². The number of morpholine rings is 1. The molecule has 7 heteroatoms. The lowest BCUT2D eigenvalue weighted by molar-refractivity contribution is 0.0478. The summed E-state index contributed by atoms with van der Waals surface area (Å²) in [4.78, 5) is 15.0. The van der Waals surface area contributed by atoms with E-state index in [-0.39, 0.29) is 12.6 Å². The molecule has 2 heterocycles. The number of halogens is 1. The average molecular weight is 412 g/mol. The van der Waals surface area contributed by atoms with Crippen LogP contribution < -0.4 is 9.64 Å². The predicted molar refractivity (Wildman–Crippen MR) is 97.2 cm³/mol. The summed E-state index contributed by atoms with van der Waals surface area (Å²) in [7, 11) is 1.58. The highest BCUT2D eigenvalue weighted by molar-refractivity contribution is 9.10. The summed E-state index contributed by atoms with van der Waals surface area (Å²) in [5.41, 5.74) is 2.06. The molecule has 0 radical (unpaired) electrons. The highest BCUT2D eigenvalue weighted by atomic mass is 79.9. The Morgan fingerprint density at radius 2 is 2.12 bits per heavy atom. The molecule has 1 fully saturated rings. The molecular weight excluding hydrogens is 394 g/mol. The van der Waals surface area contributed by atoms with Crippen LogP contribution in [0.5, 0.6) is 5.75 Å². The molecule has 0 spiro atoms. The smallest absolute Gasteiger partial charge is 0.348 e. The molecule has 1 saturated heterocycles. The van der Waals surface area contributed by atoms with Gasteiger partial charge in [0.2, 0.25) is 0 Å². The molecule has 3 rings (SSSR count). The van der Waals surface area contributed by atoms with Crippen LogP contribution in [0, 0.1) is 0 Å². The van der Waals surface area contributed by atoms with Crippen molar-refractivity contribution in [3.8, 4) is 5.75 Å². The number of methoxy groups -OCH3 is 1. The Morgan fingerprint density at radius 1 is 1.33 bits per heavy atom. The lowest BCUT2D eigenvalue weighted by Gasteiger charge is -2.30. The van der Waals surface area contributed by atoms with Gasteiger partial charge in [-0.2, -0.15) is 0 Å². The zero-order valence-electron chi connectivity index (χ0n) is 13.3. The monoisotopic (exact) mass is 411 g/mol. The molecule has 0 unspecified atom stereocenters. The van der Waals surface area contributed by atoms with E-state index in [0.717, 1.165) is 28.8 Å². The van der Waals surface area contributed by atoms with Crippen LogP contribution in [0.2, 0.25) is 0 Å². The van der Waals surface area contributed by atoms with Gasteiger partial charge >= 0.3 is 5.97 Å². The molecule has 1 aromatic carbocycles. The molecule has 1 aliphatic rings. The van der Waals surface area contributed by atoms with Crippen LogP contribution in [0.1, 0.15) is 15.2 Å². The van der Waals surface area contributed by atoms with Crippen molar-refractivity contribution in [3.05, 3.63) is 44.6 Å². The predicted octanol–water partition coefficient (Wildman–Crippen LogP) is 3.71. The number of nitrogens with zero attached hydrogens (tertiary/aromatic N) is 1. The fourth-order valence-electron chi connectivity index (χ4n) is 2.50. The maximum Gasteiger partial charge on any atom is 0.348 e. The third-order valence-corrected chi connectivity index (χ3v) is 5.15. The van der Waals surface area contributed by atoms with Gasteiger partial charge in [-0.25, -0.2) is 4.79 Å². The first-order valence-electron chi connectivity index (χ1n) is 7.58. The van der Waals surface area contributed by atoms with Crippen molar-refractivity contribution in [3.63, 3.8) is 0 Å². The molecule has 0 bridgehead atoms. The Labute approximate surface area is 153 Å². The number of hydrogen-bond donors (Lipinski definition) is 0. The molecule has 0 saturated carbocycles. The average Bonchev–Trinajstić information content (AvgIpc) is 3.10. The third-order valence-electron chi connectivity index (χ3n) is 3.77. The number of carbonyl (C=O) groups excluding carboxylic acids is 1. The van der Waals surface area contributed by atoms with Gasteiger partial charge < -0.3 is 19.1 Å². The van der Waals surface area contributed by atoms with Crippen LogP contribution >= 0.6 is 27.3 Å². The van der Waals surface area contributed by atoms with Crippen LogP contribution in [0.4, 0.5) is 5.69 Å². The summed E-state index contributed by atoms with van der Waals surface area (Å²) < 4.78 is 17.0. The van der Waals surface area contributed by atoms with Gasteiger partial charge in [0.25, 0.3) is 0 Å². The van der Waals surface area contributed by atoms with Crippen molar-refractivity contribution in [2.75, 3.05) is 38.3 Å². The minimum atomic E-state index is -0.334. The van der Waals surface area contributed by atoms with Gasteiger partial charge in [-0.15, -0.1) is 11.3 Å². The van der Waals surface area contributed by atoms with E-state index < -0.39 is 0 Å². The zero-order valence-corrected chi connectivity index (χ0v) is 15.7. The number of benzene rings is 1. The van der Waals surface area contributed by atoms with Crippen molar-refractivity contribution in [1.82, 2.24) is 0 Å². The third kappa shape index (κ3) is 4.09. The lowest BCUT2D eigenvalue weighted by atomic mass is 10.1. The largest absolute Gasteiger partial charge is 0.496 e. The number of thiophene rings is 1. The Hall–Kier alpha value is -1.57. The molecule has 24 heavy (non-hydrogen) atoms. The number of esters is 1. The second kappa shape index (κ2) is 8.00. The molecule has 2 aromatic rings. The van der Waals surface area contributed by atoms with Gasteiger partial charge in [-0.05, 0) is 12.1 Å². The summed E-state index contributed by atoms with van der Waals surface area (Å²) >= 11 is 4.83. The maximum absolute atomic E-state index is 12.2. The maximum atomic E-state index is 12.2. The van der Waals surface area contributed by atoms with Crippen LogP contribution in [-0.2, 0) is 16.1 Å². The van der Waals surface area contributed by atoms with Crippen molar-refractivity contribution in [2.24, 2.45) is 0 Å². The minimum absolute atomic E-state index is 0.235. The molecule has 0 atom stereocenters. The molecule has 1 aliphatic heterocycles. The van der Waals surface area contributed by atoms with Gasteiger partial charge in [0.15, 0.2) is 0 Å². The number of anilines is 1. The number of hydrogen-bond acceptors (Lipinski definition) is 6. The van der Waals surface area contributed by atoms with Gasteiger partial charge in [0.05, 0.1) is 20.3 Å². The Bertz CT molecular complexity index is 712. The molecule has 0 aliphatic carbocycles. The second-order valence-corrected chi connectivity index (χ2v) is 7.13. The van der Waals surface area contributed by atoms with E-state index in [4.69, 9.17) is 14.2 Å². The van der Waals surface area contributed by atoms with Crippen molar-refractivity contribution < 1.29 is 19.0 Å². The lowest BCUT2D eigenvalue weighted by Crippen LogP contribution is -2.36. The highest BCUT2D eigenvalue weighted by Crippen LogP contribution is 2.28. The molecule has 0 N–H and O–H groups in total. The molecular formula is C17H18BrNO4S. The first-order chi connectivity index (χ1) is 11.7. The fourth-order valence-corrected chi connectivity index (χ4v) is 3.60. The van der Waals surface area contributed by atoms with E-state index in [1.165, 1.54) is 11.3 Å². The topological polar surface area (TPSA) is 48.0 Å². The normalized spacial score (nSPS) is 14.5. The van der Waals surface area contributed by atoms with Crippen molar-refractivity contribution >= 4 is 38.9 Å². The second-order valence-electron chi connectivity index (χ2n) is 5.30. The van der Waals surface area contributed by atoms with E-state index in [0.29, 0.717) is 23.8 Å². The van der Waals surface area contributed by atoms with Crippen molar-refractivity contribution in [1.29, 1.82) is 0 Å². The Kier molecular flexibility index (Phi) is 5.76. The number of carbonyl (C=O) groups is 1. The van der Waals surface area contributed by atoms with Crippen LogP contribution in [0.15, 0.2) is 34.1 Å². The Balaban J connectivity index is 1.71. The quantitative estimate of drug-likeness (QED) is 0.701. The summed E-state index contributed by atoms with van der Waals surface area (Å²) in [6.45, 7) is 3.32. The standard InChI is InChI=1S/C17H18BrNO4S/c1-21-14-9-16(24-11-14)17(20)23-10-12-2-3-13(18)8-15(12)19-4-6-22-7-5-19/h2-3,8-9,11H,4-7,10H2,1H3. The first-order valence-corrected chi connectivity index (χ1v) is 9.25. The highest BCUT2D eigenvalue weighted by Gasteiger charge is 2.17. The van der Waals surface area contributed by atoms with E-state index in [2.05, 4.69) is 26.9 Å². The Morgan fingerprint density at radius 3 is 2.83 bits per heavy atom. The van der Waals surface area contributed by atoms with Gasteiger partial charge in [-0.3, -0.25) is 0 Å². The van der Waals surface area contributed by atoms with Crippen LogP contribution in [0.25, 0.3) is 0 Å². The van der Waals surface area contributed by atoms with Crippen LogP contribution in [0.3, 0.4) is 0 Å². The van der Waals surface area contributed by atoms with E-state index in [1.54, 1.807) is 18.6 Å². The van der Waals surface area contributed by atoms with Crippen molar-refractivity contribution in [2.45, 2.75) is 6.61 Å². The molecule has 0 amide bonds. The van der Waals surface area contributed by atoms with E-state index in [1.807, 2.05) is 12.1 Å². The van der Waals surface area contributed by atoms with Gasteiger partial charge in [0, 0.05) is 40.3 Å². The summed E-state index contributed by atoms with van der Waals surface area (Å²) in [6, 6.07) is 7.69. The van der Waals surface area contributed by atoms with Gasteiger partial charge in [-0.1, -0.05) is 22.0 Å². The van der Waals surface area contributed by atoms with E-state index in [9.17, 15) is 4.79 Å². The summed E-state index contributed by atoms with van der Waals surface area (Å²) in [5, 5.41) is 1.79. The minimum Gasteiger partial charge on any atom is -0.496 e. The number of rotatable bonds is 5. The first kappa shape index (κ1) is 17.3. The van der Waals surface area contributed by atoms with E-state index >= 15 is 0 Å². The molecule has 5 nitrogen and oxygen atoms in total. The van der Waals surface area contributed by atoms with Gasteiger partial charge in [0.1, 0.15) is 17.2 Å². The summed E-state index contributed by atoms with van der Waals surface area (Å²) in [6.07, 6.45) is 0. The molecule has 128 valence electrons. The summed E-state index contributed by atoms with van der Waals surface area (Å²) in [5.74, 6) is 0.337. The fraction of sp³-hybridized carbons (Fsp3) is 0.353. The number of ether oxygens (including phenoxy) is 3. The zero-order chi connectivity index (χ0) is 16.9. The molecule has 1 aromatic heterocycles. The SMILES string of the molecule is COc1csc(C(=O)OCc2ccc(Br)cc2N2CCOCC2)c1.